The zero-order chi connectivity index (χ0) is 11.4. The van der Waals surface area contributed by atoms with Crippen molar-refractivity contribution in [2.24, 2.45) is 0 Å². The van der Waals surface area contributed by atoms with Crippen LogP contribution >= 0.6 is 0 Å². The molecule has 1 rings (SSSR count). The Labute approximate surface area is 91.6 Å². The van der Waals surface area contributed by atoms with Crippen molar-refractivity contribution in [1.29, 1.82) is 0 Å². The minimum Gasteiger partial charge on any atom is -0.465 e. The van der Waals surface area contributed by atoms with Crippen molar-refractivity contribution in [2.45, 2.75) is 57.7 Å². The van der Waals surface area contributed by atoms with E-state index in [4.69, 9.17) is 5.11 Å². The van der Waals surface area contributed by atoms with Crippen molar-refractivity contribution in [1.82, 2.24) is 10.2 Å². The lowest BCUT2D eigenvalue weighted by Gasteiger charge is -2.34. The zero-order valence-corrected chi connectivity index (χ0v) is 9.86. The highest BCUT2D eigenvalue weighted by Crippen LogP contribution is 2.22. The molecular formula is C11H22N2O2. The van der Waals surface area contributed by atoms with E-state index in [1.165, 1.54) is 4.90 Å². The lowest BCUT2D eigenvalue weighted by Crippen LogP contribution is -2.44. The monoisotopic (exact) mass is 214 g/mol. The molecule has 0 aromatic carbocycles. The van der Waals surface area contributed by atoms with Gasteiger partial charge in [0.25, 0.3) is 0 Å². The third-order valence-electron chi connectivity index (χ3n) is 3.12. The lowest BCUT2D eigenvalue weighted by molar-refractivity contribution is 0.121. The molecule has 0 bridgehead atoms. The Kier molecular flexibility index (Phi) is 4.39. The lowest BCUT2D eigenvalue weighted by atomic mass is 9.90. The first-order valence-electron chi connectivity index (χ1n) is 5.72. The number of carboxylic acid groups (broad SMARTS) is 1. The summed E-state index contributed by atoms with van der Waals surface area (Å²) in [5, 5.41) is 12.4. The normalized spacial score (nSPS) is 26.7. The quantitative estimate of drug-likeness (QED) is 0.754. The Morgan fingerprint density at radius 3 is 2.27 bits per heavy atom. The third kappa shape index (κ3) is 3.70. The number of carbonyl (C=O) groups is 1. The molecule has 0 aliphatic heterocycles. The highest BCUT2D eigenvalue weighted by molar-refractivity contribution is 5.64. The maximum absolute atomic E-state index is 10.8. The summed E-state index contributed by atoms with van der Waals surface area (Å²) in [7, 11) is 1.67. The van der Waals surface area contributed by atoms with Gasteiger partial charge >= 0.3 is 6.09 Å². The van der Waals surface area contributed by atoms with Gasteiger partial charge < -0.3 is 15.3 Å². The zero-order valence-electron chi connectivity index (χ0n) is 9.86. The predicted octanol–water partition coefficient (Wildman–Crippen LogP) is 1.91. The van der Waals surface area contributed by atoms with Gasteiger partial charge in [0.1, 0.15) is 0 Å². The van der Waals surface area contributed by atoms with Gasteiger partial charge in [-0.2, -0.15) is 0 Å². The van der Waals surface area contributed by atoms with E-state index in [1.807, 2.05) is 0 Å². The molecule has 0 atom stereocenters. The van der Waals surface area contributed by atoms with Crippen LogP contribution in [0.3, 0.4) is 0 Å². The van der Waals surface area contributed by atoms with Crippen molar-refractivity contribution in [3.63, 3.8) is 0 Å². The summed E-state index contributed by atoms with van der Waals surface area (Å²) in [6, 6.07) is 1.31. The smallest absolute Gasteiger partial charge is 0.407 e. The van der Waals surface area contributed by atoms with Crippen LogP contribution in [0.15, 0.2) is 0 Å². The molecule has 0 unspecified atom stereocenters. The van der Waals surface area contributed by atoms with Crippen LogP contribution in [0.5, 0.6) is 0 Å². The van der Waals surface area contributed by atoms with Crippen LogP contribution < -0.4 is 5.32 Å². The topological polar surface area (TPSA) is 52.6 Å². The second-order valence-electron chi connectivity index (χ2n) is 4.72. The maximum Gasteiger partial charge on any atom is 0.407 e. The number of amides is 1. The highest BCUT2D eigenvalue weighted by atomic mass is 16.4. The summed E-state index contributed by atoms with van der Waals surface area (Å²) in [6.07, 6.45) is 3.32. The molecule has 4 nitrogen and oxygen atoms in total. The molecule has 1 aliphatic rings. The Morgan fingerprint density at radius 2 is 1.87 bits per heavy atom. The van der Waals surface area contributed by atoms with Gasteiger partial charge in [-0.25, -0.2) is 4.79 Å². The minimum absolute atomic E-state index is 0.215. The molecule has 0 aromatic rings. The van der Waals surface area contributed by atoms with Crippen LogP contribution in [-0.4, -0.2) is 41.3 Å². The molecule has 0 spiro atoms. The Bertz CT molecular complexity index is 211. The van der Waals surface area contributed by atoms with Crippen molar-refractivity contribution in [3.05, 3.63) is 0 Å². The fraction of sp³-hybridized carbons (Fsp3) is 0.909. The Morgan fingerprint density at radius 1 is 1.33 bits per heavy atom. The Balaban J connectivity index is 2.32. The number of rotatable bonds is 3. The molecule has 0 heterocycles. The molecule has 4 heteroatoms. The molecule has 1 fully saturated rings. The van der Waals surface area contributed by atoms with E-state index in [0.29, 0.717) is 12.1 Å². The average Bonchev–Trinajstić information content (AvgIpc) is 2.17. The van der Waals surface area contributed by atoms with Crippen LogP contribution in [0.25, 0.3) is 0 Å². The van der Waals surface area contributed by atoms with Gasteiger partial charge in [-0.3, -0.25) is 0 Å². The van der Waals surface area contributed by atoms with Crippen LogP contribution in [0.2, 0.25) is 0 Å². The summed E-state index contributed by atoms with van der Waals surface area (Å²) in [5.41, 5.74) is 0. The molecule has 1 aliphatic carbocycles. The van der Waals surface area contributed by atoms with E-state index < -0.39 is 6.09 Å². The van der Waals surface area contributed by atoms with Gasteiger partial charge in [0.15, 0.2) is 0 Å². The third-order valence-corrected chi connectivity index (χ3v) is 3.12. The first-order valence-corrected chi connectivity index (χ1v) is 5.72. The maximum atomic E-state index is 10.8. The fourth-order valence-corrected chi connectivity index (χ4v) is 2.26. The van der Waals surface area contributed by atoms with Gasteiger partial charge in [-0.1, -0.05) is 13.8 Å². The van der Waals surface area contributed by atoms with E-state index >= 15 is 0 Å². The summed E-state index contributed by atoms with van der Waals surface area (Å²) >= 11 is 0. The first kappa shape index (κ1) is 12.3. The second-order valence-corrected chi connectivity index (χ2v) is 4.72. The number of nitrogens with zero attached hydrogens (tertiary/aromatic N) is 1. The summed E-state index contributed by atoms with van der Waals surface area (Å²) in [6.45, 7) is 4.30. The standard InChI is InChI=1S/C11H22N2O2/c1-8(2)12-9-4-6-10(7-5-9)13(3)11(14)15/h8-10,12H,4-7H2,1-3H3,(H,14,15). The molecule has 15 heavy (non-hydrogen) atoms. The molecule has 2 N–H and O–H groups in total. The molecule has 88 valence electrons. The SMILES string of the molecule is CC(C)NC1CCC(N(C)C(=O)O)CC1. The highest BCUT2D eigenvalue weighted by Gasteiger charge is 2.26. The molecule has 0 saturated heterocycles. The average molecular weight is 214 g/mol. The first-order chi connectivity index (χ1) is 7.00. The summed E-state index contributed by atoms with van der Waals surface area (Å²) in [4.78, 5) is 12.2. The van der Waals surface area contributed by atoms with E-state index in [1.54, 1.807) is 7.05 Å². The van der Waals surface area contributed by atoms with Gasteiger partial charge in [-0.15, -0.1) is 0 Å². The van der Waals surface area contributed by atoms with E-state index in [9.17, 15) is 4.79 Å². The summed E-state index contributed by atoms with van der Waals surface area (Å²) < 4.78 is 0. The van der Waals surface area contributed by atoms with Crippen molar-refractivity contribution >= 4 is 6.09 Å². The molecule has 1 saturated carbocycles. The van der Waals surface area contributed by atoms with E-state index in [0.717, 1.165) is 25.7 Å². The fourth-order valence-electron chi connectivity index (χ4n) is 2.26. The van der Waals surface area contributed by atoms with Crippen molar-refractivity contribution < 1.29 is 9.90 Å². The molecule has 0 aromatic heterocycles. The van der Waals surface area contributed by atoms with Gasteiger partial charge in [0.2, 0.25) is 0 Å². The second kappa shape index (κ2) is 5.35. The van der Waals surface area contributed by atoms with Crippen LogP contribution in [0, 0.1) is 0 Å². The largest absolute Gasteiger partial charge is 0.465 e. The molecule has 1 amide bonds. The van der Waals surface area contributed by atoms with Crippen LogP contribution in [0.1, 0.15) is 39.5 Å². The number of nitrogens with one attached hydrogen (secondary N) is 1. The number of hydrogen-bond acceptors (Lipinski definition) is 2. The predicted molar refractivity (Wildman–Crippen MR) is 60.1 cm³/mol. The van der Waals surface area contributed by atoms with Gasteiger partial charge in [-0.05, 0) is 25.7 Å². The van der Waals surface area contributed by atoms with Crippen molar-refractivity contribution in [2.75, 3.05) is 7.05 Å². The minimum atomic E-state index is -0.810. The van der Waals surface area contributed by atoms with Crippen LogP contribution in [0.4, 0.5) is 4.79 Å². The Hall–Kier alpha value is -0.770. The van der Waals surface area contributed by atoms with E-state index in [-0.39, 0.29) is 6.04 Å². The van der Waals surface area contributed by atoms with Crippen molar-refractivity contribution in [3.8, 4) is 0 Å². The molecular weight excluding hydrogens is 192 g/mol. The summed E-state index contributed by atoms with van der Waals surface area (Å²) in [5.74, 6) is 0. The number of hydrogen-bond donors (Lipinski definition) is 2. The van der Waals surface area contributed by atoms with Gasteiger partial charge in [0, 0.05) is 25.2 Å². The van der Waals surface area contributed by atoms with Crippen LogP contribution in [-0.2, 0) is 0 Å². The van der Waals surface area contributed by atoms with Gasteiger partial charge in [0.05, 0.1) is 0 Å². The molecule has 0 radical (unpaired) electrons. The van der Waals surface area contributed by atoms with E-state index in [2.05, 4.69) is 19.2 Å².